The van der Waals surface area contributed by atoms with Crippen molar-refractivity contribution in [3.05, 3.63) is 36.1 Å². The maximum absolute atomic E-state index is 11.6. The van der Waals surface area contributed by atoms with E-state index in [1.54, 1.807) is 0 Å². The third-order valence-corrected chi connectivity index (χ3v) is 3.03. The number of furan rings is 1. The number of para-hydroxylation sites is 1. The van der Waals surface area contributed by atoms with Crippen molar-refractivity contribution >= 4 is 16.9 Å². The Hall–Kier alpha value is -1.81. The molecule has 1 fully saturated rings. The Labute approximate surface area is 104 Å². The van der Waals surface area contributed by atoms with E-state index in [4.69, 9.17) is 13.9 Å². The van der Waals surface area contributed by atoms with Crippen LogP contribution >= 0.6 is 0 Å². The molecule has 1 saturated heterocycles. The summed E-state index contributed by atoms with van der Waals surface area (Å²) in [5.74, 6) is 0.357. The van der Waals surface area contributed by atoms with Crippen LogP contribution in [0.4, 0.5) is 0 Å². The zero-order chi connectivity index (χ0) is 12.4. The smallest absolute Gasteiger partial charge is 0.335 e. The molecule has 0 N–H and O–H groups in total. The molecule has 1 aliphatic rings. The normalized spacial score (nSPS) is 19.2. The second-order valence-electron chi connectivity index (χ2n) is 4.36. The number of hydrogen-bond acceptors (Lipinski definition) is 4. The highest BCUT2D eigenvalue weighted by Crippen LogP contribution is 2.20. The first kappa shape index (κ1) is 11.3. The molecule has 18 heavy (non-hydrogen) atoms. The number of ether oxygens (including phenoxy) is 2. The predicted molar refractivity (Wildman–Crippen MR) is 65.0 cm³/mol. The number of carbonyl (C=O) groups is 1. The molecular weight excluding hydrogens is 232 g/mol. The molecule has 1 atom stereocenters. The fourth-order valence-corrected chi connectivity index (χ4v) is 2.11. The third kappa shape index (κ3) is 2.24. The van der Waals surface area contributed by atoms with Crippen LogP contribution < -0.4 is 0 Å². The van der Waals surface area contributed by atoms with Crippen LogP contribution in [0.3, 0.4) is 0 Å². The number of fused-ring (bicyclic) bond motifs is 1. The molecule has 2 aromatic rings. The quantitative estimate of drug-likeness (QED) is 0.781. The number of carbonyl (C=O) groups excluding carboxylic acids is 1. The number of hydrogen-bond donors (Lipinski definition) is 0. The van der Waals surface area contributed by atoms with E-state index >= 15 is 0 Å². The summed E-state index contributed by atoms with van der Waals surface area (Å²) in [4.78, 5) is 11.6. The van der Waals surface area contributed by atoms with Crippen LogP contribution in [0.5, 0.6) is 0 Å². The minimum atomic E-state index is -0.394. The van der Waals surface area contributed by atoms with Crippen molar-refractivity contribution in [3.8, 4) is 0 Å². The molecule has 0 radical (unpaired) electrons. The van der Waals surface area contributed by atoms with E-state index in [1.165, 1.54) is 0 Å². The lowest BCUT2D eigenvalue weighted by atomic mass is 10.2. The molecule has 0 saturated carbocycles. The van der Waals surface area contributed by atoms with Crippen molar-refractivity contribution in [2.24, 2.45) is 0 Å². The number of benzene rings is 1. The van der Waals surface area contributed by atoms with Gasteiger partial charge in [-0.2, -0.15) is 0 Å². The highest BCUT2D eigenvalue weighted by Gasteiger charge is 2.25. The van der Waals surface area contributed by atoms with E-state index in [9.17, 15) is 4.79 Å². The van der Waals surface area contributed by atoms with E-state index in [2.05, 4.69) is 0 Å². The van der Waals surface area contributed by atoms with E-state index in [-0.39, 0.29) is 12.6 Å². The Morgan fingerprint density at radius 2 is 2.28 bits per heavy atom. The van der Waals surface area contributed by atoms with Crippen LogP contribution in [0.15, 0.2) is 34.7 Å². The Bertz CT molecular complexity index is 519. The molecule has 0 amide bonds. The van der Waals surface area contributed by atoms with E-state index in [1.807, 2.05) is 30.3 Å². The van der Waals surface area contributed by atoms with Gasteiger partial charge >= 0.3 is 5.97 Å². The topological polar surface area (TPSA) is 48.7 Å². The van der Waals surface area contributed by atoms with Crippen molar-refractivity contribution < 1.29 is 18.7 Å². The van der Waals surface area contributed by atoms with E-state index in [0.29, 0.717) is 12.4 Å². The van der Waals surface area contributed by atoms with Crippen LogP contribution in [-0.4, -0.2) is 18.7 Å². The van der Waals surface area contributed by atoms with Crippen LogP contribution in [0.25, 0.3) is 11.0 Å². The van der Waals surface area contributed by atoms with Gasteiger partial charge in [-0.3, -0.25) is 0 Å². The molecule has 0 spiro atoms. The van der Waals surface area contributed by atoms with Gasteiger partial charge in [0, 0.05) is 12.0 Å². The first-order valence-corrected chi connectivity index (χ1v) is 6.08. The van der Waals surface area contributed by atoms with E-state index in [0.717, 1.165) is 23.8 Å². The van der Waals surface area contributed by atoms with Gasteiger partial charge in [0.25, 0.3) is 0 Å². The summed E-state index contributed by atoms with van der Waals surface area (Å²) in [7, 11) is 0. The molecule has 0 bridgehead atoms. The highest BCUT2D eigenvalue weighted by atomic mass is 16.6. The van der Waals surface area contributed by atoms with Gasteiger partial charge in [0.2, 0.25) is 0 Å². The molecule has 1 aromatic heterocycles. The fourth-order valence-electron chi connectivity index (χ4n) is 2.11. The van der Waals surface area contributed by atoms with Gasteiger partial charge in [0.15, 0.2) is 6.10 Å². The fraction of sp³-hybridized carbons (Fsp3) is 0.357. The van der Waals surface area contributed by atoms with Gasteiger partial charge < -0.3 is 13.9 Å². The molecule has 1 aliphatic heterocycles. The molecule has 3 rings (SSSR count). The first-order chi connectivity index (χ1) is 8.83. The lowest BCUT2D eigenvalue weighted by Crippen LogP contribution is -2.21. The minimum Gasteiger partial charge on any atom is -0.457 e. The zero-order valence-corrected chi connectivity index (χ0v) is 9.93. The average Bonchev–Trinajstić information content (AvgIpc) is 3.04. The van der Waals surface area contributed by atoms with Crippen LogP contribution in [-0.2, 0) is 20.9 Å². The molecule has 4 nitrogen and oxygen atoms in total. The Balaban J connectivity index is 1.63. The molecule has 2 heterocycles. The van der Waals surface area contributed by atoms with Gasteiger partial charge in [-0.25, -0.2) is 4.79 Å². The monoisotopic (exact) mass is 246 g/mol. The average molecular weight is 246 g/mol. The molecule has 1 aromatic carbocycles. The molecule has 0 aliphatic carbocycles. The maximum atomic E-state index is 11.6. The third-order valence-electron chi connectivity index (χ3n) is 3.03. The largest absolute Gasteiger partial charge is 0.457 e. The van der Waals surface area contributed by atoms with Crippen molar-refractivity contribution in [1.82, 2.24) is 0 Å². The SMILES string of the molecule is O=C(OCc1cc2ccccc2o1)C1CCCO1. The van der Waals surface area contributed by atoms with Crippen molar-refractivity contribution in [3.63, 3.8) is 0 Å². The van der Waals surface area contributed by atoms with Crippen molar-refractivity contribution in [2.45, 2.75) is 25.6 Å². The van der Waals surface area contributed by atoms with Gasteiger partial charge in [-0.15, -0.1) is 0 Å². The molecule has 4 heteroatoms. The van der Waals surface area contributed by atoms with Crippen molar-refractivity contribution in [1.29, 1.82) is 0 Å². The van der Waals surface area contributed by atoms with Crippen molar-refractivity contribution in [2.75, 3.05) is 6.61 Å². The summed E-state index contributed by atoms with van der Waals surface area (Å²) in [6, 6.07) is 9.59. The lowest BCUT2D eigenvalue weighted by molar-refractivity contribution is -0.156. The number of rotatable bonds is 3. The second kappa shape index (κ2) is 4.82. The van der Waals surface area contributed by atoms with Crippen LogP contribution in [0, 0.1) is 0 Å². The van der Waals surface area contributed by atoms with Crippen LogP contribution in [0.1, 0.15) is 18.6 Å². The summed E-state index contributed by atoms with van der Waals surface area (Å²) < 4.78 is 16.0. The first-order valence-electron chi connectivity index (χ1n) is 6.08. The summed E-state index contributed by atoms with van der Waals surface area (Å²) >= 11 is 0. The van der Waals surface area contributed by atoms with E-state index < -0.39 is 6.10 Å². The minimum absolute atomic E-state index is 0.160. The Kier molecular flexibility index (Phi) is 3.02. The maximum Gasteiger partial charge on any atom is 0.335 e. The predicted octanol–water partition coefficient (Wildman–Crippen LogP) is 2.66. The van der Waals surface area contributed by atoms with Gasteiger partial charge in [0.1, 0.15) is 18.0 Å². The summed E-state index contributed by atoms with van der Waals surface area (Å²) in [5, 5.41) is 1.01. The molecule has 94 valence electrons. The summed E-state index contributed by atoms with van der Waals surface area (Å²) in [6.07, 6.45) is 1.28. The lowest BCUT2D eigenvalue weighted by Gasteiger charge is -2.07. The Morgan fingerprint density at radius 1 is 1.39 bits per heavy atom. The summed E-state index contributed by atoms with van der Waals surface area (Å²) in [5.41, 5.74) is 0.806. The summed E-state index contributed by atoms with van der Waals surface area (Å²) in [6.45, 7) is 0.803. The van der Waals surface area contributed by atoms with Gasteiger partial charge in [0.05, 0.1) is 0 Å². The standard InChI is InChI=1S/C14H14O4/c15-14(13-6-3-7-16-13)17-9-11-8-10-4-1-2-5-12(10)18-11/h1-2,4-5,8,13H,3,6-7,9H2. The zero-order valence-electron chi connectivity index (χ0n) is 9.93. The number of esters is 1. The Morgan fingerprint density at radius 3 is 3.06 bits per heavy atom. The molecule has 1 unspecified atom stereocenters. The van der Waals surface area contributed by atoms with Gasteiger partial charge in [-0.05, 0) is 25.0 Å². The second-order valence-corrected chi connectivity index (χ2v) is 4.36. The molecular formula is C14H14O4. The van der Waals surface area contributed by atoms with Gasteiger partial charge in [-0.1, -0.05) is 18.2 Å². The van der Waals surface area contributed by atoms with Crippen LogP contribution in [0.2, 0.25) is 0 Å². The highest BCUT2D eigenvalue weighted by molar-refractivity contribution is 5.78.